The van der Waals surface area contributed by atoms with Crippen molar-refractivity contribution in [1.29, 1.82) is 0 Å². The Hall–Kier alpha value is -3.28. The molecule has 1 atom stereocenters. The molecule has 0 aliphatic carbocycles. The van der Waals surface area contributed by atoms with Crippen molar-refractivity contribution in [1.82, 2.24) is 9.80 Å². The topological polar surface area (TPSA) is 65.8 Å². The van der Waals surface area contributed by atoms with Gasteiger partial charge >= 0.3 is 6.03 Å². The van der Waals surface area contributed by atoms with Crippen molar-refractivity contribution in [3.8, 4) is 0 Å². The minimum Gasteiger partial charge on any atom is -0.459 e. The fourth-order valence-electron chi connectivity index (χ4n) is 3.83. The zero-order valence-corrected chi connectivity index (χ0v) is 16.9. The Labute approximate surface area is 170 Å². The van der Waals surface area contributed by atoms with Crippen LogP contribution >= 0.6 is 0 Å². The number of anilines is 1. The Morgan fingerprint density at radius 3 is 2.79 bits per heavy atom. The van der Waals surface area contributed by atoms with Gasteiger partial charge in [-0.05, 0) is 56.2 Å². The molecule has 0 bridgehead atoms. The summed E-state index contributed by atoms with van der Waals surface area (Å²) in [7, 11) is 1.81. The second-order valence-electron chi connectivity index (χ2n) is 7.43. The maximum atomic E-state index is 13.0. The van der Waals surface area contributed by atoms with Gasteiger partial charge in [0, 0.05) is 36.8 Å². The summed E-state index contributed by atoms with van der Waals surface area (Å²) in [6.07, 6.45) is 0.786. The molecule has 3 amide bonds. The molecule has 1 aromatic heterocycles. The zero-order valence-electron chi connectivity index (χ0n) is 16.9. The number of hydrogen-bond acceptors (Lipinski definition) is 3. The molecule has 0 spiro atoms. The number of likely N-dealkylation sites (N-methyl/N-ethyl adjacent to an activating group) is 1. The van der Waals surface area contributed by atoms with Gasteiger partial charge in [-0.15, -0.1) is 0 Å². The molecular formula is C23H25N3O3. The van der Waals surface area contributed by atoms with Gasteiger partial charge < -0.3 is 19.5 Å². The number of hydrogen-bond donors (Lipinski definition) is 1. The van der Waals surface area contributed by atoms with Crippen molar-refractivity contribution < 1.29 is 14.0 Å². The third-order valence-corrected chi connectivity index (χ3v) is 5.58. The highest BCUT2D eigenvalue weighted by Crippen LogP contribution is 2.28. The van der Waals surface area contributed by atoms with Crippen molar-refractivity contribution in [2.45, 2.75) is 26.3 Å². The first kappa shape index (κ1) is 19.1. The minimum atomic E-state index is -0.208. The van der Waals surface area contributed by atoms with E-state index in [4.69, 9.17) is 4.42 Å². The minimum absolute atomic E-state index is 0.0258. The lowest BCUT2D eigenvalue weighted by atomic mass is 9.99. The molecule has 150 valence electrons. The van der Waals surface area contributed by atoms with Crippen LogP contribution in [0.15, 0.2) is 52.9 Å². The number of rotatable bonds is 4. The summed E-state index contributed by atoms with van der Waals surface area (Å²) in [5, 5.41) is 4.00. The molecule has 1 aliphatic rings. The molecule has 6 heteroatoms. The van der Waals surface area contributed by atoms with E-state index in [-0.39, 0.29) is 18.0 Å². The monoisotopic (exact) mass is 391 g/mol. The molecule has 0 saturated carbocycles. The summed E-state index contributed by atoms with van der Waals surface area (Å²) in [6.45, 7) is 5.13. The first-order valence-corrected chi connectivity index (χ1v) is 9.92. The lowest BCUT2D eigenvalue weighted by Gasteiger charge is -2.28. The largest absolute Gasteiger partial charge is 0.459 e. The van der Waals surface area contributed by atoms with Gasteiger partial charge in [0.25, 0.3) is 5.91 Å². The van der Waals surface area contributed by atoms with Gasteiger partial charge in [0.1, 0.15) is 11.3 Å². The highest BCUT2D eigenvalue weighted by atomic mass is 16.3. The van der Waals surface area contributed by atoms with E-state index >= 15 is 0 Å². The number of urea groups is 1. The smallest absolute Gasteiger partial charge is 0.322 e. The molecule has 29 heavy (non-hydrogen) atoms. The standard InChI is InChI=1S/C23H25N3O3/c1-4-26(15(2)21-14-17-7-5-6-8-20(17)29-21)23(28)24-18-9-10-19-16(13-18)11-12-25(3)22(19)27/h5-10,13-15H,4,11-12H2,1-3H3,(H,24,28). The maximum absolute atomic E-state index is 13.0. The predicted octanol–water partition coefficient (Wildman–Crippen LogP) is 4.68. The third kappa shape index (κ3) is 3.58. The number of fused-ring (bicyclic) bond motifs is 2. The maximum Gasteiger partial charge on any atom is 0.322 e. The summed E-state index contributed by atoms with van der Waals surface area (Å²) in [6, 6.07) is 14.9. The van der Waals surface area contributed by atoms with Crippen LogP contribution in [0.4, 0.5) is 10.5 Å². The zero-order chi connectivity index (χ0) is 20.5. The van der Waals surface area contributed by atoms with Crippen LogP contribution in [0.3, 0.4) is 0 Å². The van der Waals surface area contributed by atoms with E-state index in [1.165, 1.54) is 0 Å². The first-order chi connectivity index (χ1) is 14.0. The van der Waals surface area contributed by atoms with Gasteiger partial charge in [0.15, 0.2) is 0 Å². The average Bonchev–Trinajstić information content (AvgIpc) is 3.15. The van der Waals surface area contributed by atoms with Crippen LogP contribution in [-0.2, 0) is 6.42 Å². The molecule has 2 aromatic carbocycles. The Morgan fingerprint density at radius 2 is 2.03 bits per heavy atom. The highest BCUT2D eigenvalue weighted by molar-refractivity contribution is 5.98. The molecule has 2 heterocycles. The van der Waals surface area contributed by atoms with Gasteiger partial charge in [-0.3, -0.25) is 4.79 Å². The first-order valence-electron chi connectivity index (χ1n) is 9.92. The Kier molecular flexibility index (Phi) is 5.01. The molecule has 1 aliphatic heterocycles. The number of nitrogens with one attached hydrogen (secondary N) is 1. The van der Waals surface area contributed by atoms with Crippen LogP contribution in [-0.4, -0.2) is 41.9 Å². The fraction of sp³-hybridized carbons (Fsp3) is 0.304. The van der Waals surface area contributed by atoms with E-state index in [1.54, 1.807) is 29.0 Å². The second kappa shape index (κ2) is 7.62. The van der Waals surface area contributed by atoms with E-state index in [2.05, 4.69) is 5.32 Å². The summed E-state index contributed by atoms with van der Waals surface area (Å²) >= 11 is 0. The normalized spacial score (nSPS) is 14.6. The molecule has 6 nitrogen and oxygen atoms in total. The van der Waals surface area contributed by atoms with Gasteiger partial charge in [-0.2, -0.15) is 0 Å². The molecule has 3 aromatic rings. The quantitative estimate of drug-likeness (QED) is 0.702. The Balaban J connectivity index is 1.52. The van der Waals surface area contributed by atoms with E-state index in [0.717, 1.165) is 28.7 Å². The molecule has 4 rings (SSSR count). The van der Waals surface area contributed by atoms with Crippen molar-refractivity contribution in [3.05, 3.63) is 65.4 Å². The Bertz CT molecular complexity index is 1040. The van der Waals surface area contributed by atoms with Gasteiger partial charge in [-0.25, -0.2) is 4.79 Å². The van der Waals surface area contributed by atoms with Gasteiger partial charge in [0.05, 0.1) is 6.04 Å². The Morgan fingerprint density at radius 1 is 1.24 bits per heavy atom. The average molecular weight is 391 g/mol. The van der Waals surface area contributed by atoms with Crippen LogP contribution in [0, 0.1) is 0 Å². The van der Waals surface area contributed by atoms with Crippen molar-refractivity contribution in [2.75, 3.05) is 25.5 Å². The van der Waals surface area contributed by atoms with Crippen molar-refractivity contribution >= 4 is 28.6 Å². The summed E-state index contributed by atoms with van der Waals surface area (Å²) in [4.78, 5) is 28.6. The second-order valence-corrected chi connectivity index (χ2v) is 7.43. The number of para-hydroxylation sites is 1. The van der Waals surface area contributed by atoms with E-state index in [9.17, 15) is 9.59 Å². The van der Waals surface area contributed by atoms with Crippen LogP contribution in [0.2, 0.25) is 0 Å². The SMILES string of the molecule is CCN(C(=O)Nc1ccc2c(c1)CCN(C)C2=O)C(C)c1cc2ccccc2o1. The number of carbonyl (C=O) groups is 2. The van der Waals surface area contributed by atoms with Gasteiger partial charge in [0.2, 0.25) is 0 Å². The lowest BCUT2D eigenvalue weighted by Crippen LogP contribution is -2.37. The summed E-state index contributed by atoms with van der Waals surface area (Å²) < 4.78 is 5.95. The van der Waals surface area contributed by atoms with Crippen molar-refractivity contribution in [2.24, 2.45) is 0 Å². The number of nitrogens with zero attached hydrogens (tertiary/aromatic N) is 2. The number of benzene rings is 2. The number of amides is 3. The highest BCUT2D eigenvalue weighted by Gasteiger charge is 2.25. The summed E-state index contributed by atoms with van der Waals surface area (Å²) in [5.74, 6) is 0.778. The molecule has 0 saturated heterocycles. The van der Waals surface area contributed by atoms with Crippen LogP contribution < -0.4 is 5.32 Å². The van der Waals surface area contributed by atoms with Crippen LogP contribution in [0.5, 0.6) is 0 Å². The fourth-order valence-corrected chi connectivity index (χ4v) is 3.83. The van der Waals surface area contributed by atoms with Gasteiger partial charge in [-0.1, -0.05) is 18.2 Å². The number of carbonyl (C=O) groups excluding carboxylic acids is 2. The number of furan rings is 1. The van der Waals surface area contributed by atoms with Crippen LogP contribution in [0.1, 0.15) is 41.6 Å². The molecule has 1 N–H and O–H groups in total. The van der Waals surface area contributed by atoms with Crippen molar-refractivity contribution in [3.63, 3.8) is 0 Å². The van der Waals surface area contributed by atoms with Crippen LogP contribution in [0.25, 0.3) is 11.0 Å². The van der Waals surface area contributed by atoms with E-state index < -0.39 is 0 Å². The molecule has 0 fully saturated rings. The summed E-state index contributed by atoms with van der Waals surface area (Å²) in [5.41, 5.74) is 3.19. The predicted molar refractivity (Wildman–Crippen MR) is 113 cm³/mol. The lowest BCUT2D eigenvalue weighted by molar-refractivity contribution is 0.0781. The molecule has 1 unspecified atom stereocenters. The third-order valence-electron chi connectivity index (χ3n) is 5.58. The molecular weight excluding hydrogens is 366 g/mol. The van der Waals surface area contributed by atoms with E-state index in [1.807, 2.05) is 50.2 Å². The molecule has 0 radical (unpaired) electrons. The van der Waals surface area contributed by atoms with E-state index in [0.29, 0.717) is 24.3 Å².